The van der Waals surface area contributed by atoms with Crippen LogP contribution in [0, 0.1) is 5.82 Å². The highest BCUT2D eigenvalue weighted by molar-refractivity contribution is 7.99. The standard InChI is InChI=1S/C16H26FNOS/c1-3-10-18-16(2,13-19)9-4-5-11-20-15-8-6-7-14(17)12-15/h6-8,12,18-19H,3-5,9-11,13H2,1-2H3. The molecule has 0 radical (unpaired) electrons. The number of benzene rings is 1. The molecule has 1 atom stereocenters. The van der Waals surface area contributed by atoms with Gasteiger partial charge in [-0.25, -0.2) is 4.39 Å². The quantitative estimate of drug-likeness (QED) is 0.508. The van der Waals surface area contributed by atoms with Crippen LogP contribution in [0.25, 0.3) is 0 Å². The normalized spacial score (nSPS) is 14.2. The Balaban J connectivity index is 2.20. The van der Waals surface area contributed by atoms with Crippen LogP contribution in [0.5, 0.6) is 0 Å². The zero-order chi connectivity index (χ0) is 14.8. The second-order valence-corrected chi connectivity index (χ2v) is 6.58. The van der Waals surface area contributed by atoms with Crippen LogP contribution < -0.4 is 5.32 Å². The number of rotatable bonds is 10. The number of thioether (sulfide) groups is 1. The molecule has 0 aliphatic heterocycles. The van der Waals surface area contributed by atoms with E-state index >= 15 is 0 Å². The summed E-state index contributed by atoms with van der Waals surface area (Å²) in [7, 11) is 0. The van der Waals surface area contributed by atoms with Crippen molar-refractivity contribution in [3.05, 3.63) is 30.1 Å². The Labute approximate surface area is 126 Å². The summed E-state index contributed by atoms with van der Waals surface area (Å²) < 4.78 is 13.0. The maximum atomic E-state index is 13.0. The molecule has 2 nitrogen and oxygen atoms in total. The van der Waals surface area contributed by atoms with E-state index in [9.17, 15) is 9.50 Å². The average molecular weight is 299 g/mol. The van der Waals surface area contributed by atoms with Crippen molar-refractivity contribution in [3.8, 4) is 0 Å². The fourth-order valence-corrected chi connectivity index (χ4v) is 2.97. The van der Waals surface area contributed by atoms with Crippen LogP contribution in [-0.2, 0) is 0 Å². The molecule has 1 rings (SSSR count). The van der Waals surface area contributed by atoms with E-state index in [4.69, 9.17) is 0 Å². The molecule has 114 valence electrons. The molecular weight excluding hydrogens is 273 g/mol. The van der Waals surface area contributed by atoms with Crippen molar-refractivity contribution in [2.24, 2.45) is 0 Å². The monoisotopic (exact) mass is 299 g/mol. The molecule has 0 heterocycles. The minimum absolute atomic E-state index is 0.167. The topological polar surface area (TPSA) is 32.3 Å². The van der Waals surface area contributed by atoms with Gasteiger partial charge in [0.25, 0.3) is 0 Å². The van der Waals surface area contributed by atoms with E-state index < -0.39 is 0 Å². The summed E-state index contributed by atoms with van der Waals surface area (Å²) in [5.41, 5.74) is -0.167. The number of nitrogens with one attached hydrogen (secondary N) is 1. The van der Waals surface area contributed by atoms with Gasteiger partial charge in [-0.2, -0.15) is 0 Å². The lowest BCUT2D eigenvalue weighted by Gasteiger charge is -2.28. The van der Waals surface area contributed by atoms with Crippen molar-refractivity contribution in [1.29, 1.82) is 0 Å². The summed E-state index contributed by atoms with van der Waals surface area (Å²) in [6, 6.07) is 6.73. The second kappa shape index (κ2) is 9.37. The molecule has 0 fully saturated rings. The molecule has 1 aromatic carbocycles. The highest BCUT2D eigenvalue weighted by atomic mass is 32.2. The van der Waals surface area contributed by atoms with Gasteiger partial charge < -0.3 is 10.4 Å². The summed E-state index contributed by atoms with van der Waals surface area (Å²) >= 11 is 1.69. The van der Waals surface area contributed by atoms with Crippen molar-refractivity contribution in [2.45, 2.75) is 50.0 Å². The molecule has 4 heteroatoms. The van der Waals surface area contributed by atoms with Gasteiger partial charge >= 0.3 is 0 Å². The fourth-order valence-electron chi connectivity index (χ4n) is 2.01. The van der Waals surface area contributed by atoms with Gasteiger partial charge in [0.2, 0.25) is 0 Å². The third-order valence-electron chi connectivity index (χ3n) is 3.34. The van der Waals surface area contributed by atoms with E-state index in [-0.39, 0.29) is 18.0 Å². The predicted octanol–water partition coefficient (Wildman–Crippen LogP) is 3.84. The largest absolute Gasteiger partial charge is 0.394 e. The van der Waals surface area contributed by atoms with Gasteiger partial charge in [-0.05, 0) is 56.7 Å². The Morgan fingerprint density at radius 3 is 2.80 bits per heavy atom. The number of aliphatic hydroxyl groups excluding tert-OH is 1. The zero-order valence-electron chi connectivity index (χ0n) is 12.5. The van der Waals surface area contributed by atoms with Crippen molar-refractivity contribution < 1.29 is 9.50 Å². The molecule has 0 bridgehead atoms. The molecule has 0 saturated carbocycles. The van der Waals surface area contributed by atoms with Gasteiger partial charge in [-0.15, -0.1) is 11.8 Å². The van der Waals surface area contributed by atoms with Crippen LogP contribution >= 0.6 is 11.8 Å². The summed E-state index contributed by atoms with van der Waals surface area (Å²) in [5.74, 6) is 0.810. The maximum Gasteiger partial charge on any atom is 0.124 e. The third-order valence-corrected chi connectivity index (χ3v) is 4.42. The summed E-state index contributed by atoms with van der Waals surface area (Å²) in [6.07, 6.45) is 4.18. The summed E-state index contributed by atoms with van der Waals surface area (Å²) in [4.78, 5) is 0.985. The third kappa shape index (κ3) is 6.73. The number of hydrogen-bond donors (Lipinski definition) is 2. The minimum Gasteiger partial charge on any atom is -0.394 e. The van der Waals surface area contributed by atoms with Crippen LogP contribution in [0.4, 0.5) is 4.39 Å². The van der Waals surface area contributed by atoms with Crippen molar-refractivity contribution >= 4 is 11.8 Å². The lowest BCUT2D eigenvalue weighted by atomic mass is 9.96. The van der Waals surface area contributed by atoms with Crippen molar-refractivity contribution in [2.75, 3.05) is 18.9 Å². The van der Waals surface area contributed by atoms with Gasteiger partial charge in [-0.3, -0.25) is 0 Å². The molecule has 0 spiro atoms. The van der Waals surface area contributed by atoms with E-state index in [2.05, 4.69) is 19.2 Å². The average Bonchev–Trinajstić information content (AvgIpc) is 2.45. The fraction of sp³-hybridized carbons (Fsp3) is 0.625. The molecule has 20 heavy (non-hydrogen) atoms. The first kappa shape index (κ1) is 17.5. The minimum atomic E-state index is -0.174. The molecule has 1 unspecified atom stereocenters. The van der Waals surface area contributed by atoms with Gasteiger partial charge in [-0.1, -0.05) is 19.4 Å². The first-order valence-corrected chi connectivity index (χ1v) is 8.32. The van der Waals surface area contributed by atoms with E-state index in [0.29, 0.717) is 0 Å². The van der Waals surface area contributed by atoms with Crippen molar-refractivity contribution in [1.82, 2.24) is 5.32 Å². The van der Waals surface area contributed by atoms with E-state index in [1.165, 1.54) is 6.07 Å². The number of aliphatic hydroxyl groups is 1. The molecule has 1 aromatic rings. The molecular formula is C16H26FNOS. The SMILES string of the molecule is CCCNC(C)(CO)CCCCSc1cccc(F)c1. The zero-order valence-corrected chi connectivity index (χ0v) is 13.3. The van der Waals surface area contributed by atoms with Crippen LogP contribution in [0.1, 0.15) is 39.5 Å². The van der Waals surface area contributed by atoms with Gasteiger partial charge in [0, 0.05) is 10.4 Å². The first-order valence-electron chi connectivity index (χ1n) is 7.34. The number of halogens is 1. The number of unbranched alkanes of at least 4 members (excludes halogenated alkanes) is 1. The molecule has 0 amide bonds. The highest BCUT2D eigenvalue weighted by Crippen LogP contribution is 2.21. The Morgan fingerprint density at radius 1 is 1.35 bits per heavy atom. The second-order valence-electron chi connectivity index (χ2n) is 5.41. The lowest BCUT2D eigenvalue weighted by molar-refractivity contribution is 0.163. The lowest BCUT2D eigenvalue weighted by Crippen LogP contribution is -2.46. The smallest absolute Gasteiger partial charge is 0.124 e. The van der Waals surface area contributed by atoms with Gasteiger partial charge in [0.15, 0.2) is 0 Å². The van der Waals surface area contributed by atoms with E-state index in [1.807, 2.05) is 6.07 Å². The van der Waals surface area contributed by atoms with Crippen molar-refractivity contribution in [3.63, 3.8) is 0 Å². The van der Waals surface area contributed by atoms with Crippen LogP contribution in [0.15, 0.2) is 29.2 Å². The summed E-state index contributed by atoms with van der Waals surface area (Å²) in [5, 5.41) is 12.9. The molecule has 0 aromatic heterocycles. The number of hydrogen-bond acceptors (Lipinski definition) is 3. The Hall–Kier alpha value is -0.580. The van der Waals surface area contributed by atoms with Crippen LogP contribution in [0.2, 0.25) is 0 Å². The Morgan fingerprint density at radius 2 is 2.15 bits per heavy atom. The first-order chi connectivity index (χ1) is 9.59. The highest BCUT2D eigenvalue weighted by Gasteiger charge is 2.21. The Bertz CT molecular complexity index is 388. The van der Waals surface area contributed by atoms with Gasteiger partial charge in [0.05, 0.1) is 6.61 Å². The summed E-state index contributed by atoms with van der Waals surface area (Å²) in [6.45, 7) is 5.31. The molecule has 0 aliphatic rings. The van der Waals surface area contributed by atoms with Crippen LogP contribution in [0.3, 0.4) is 0 Å². The van der Waals surface area contributed by atoms with Crippen LogP contribution in [-0.4, -0.2) is 29.5 Å². The van der Waals surface area contributed by atoms with E-state index in [0.717, 1.165) is 42.9 Å². The van der Waals surface area contributed by atoms with E-state index in [1.54, 1.807) is 23.9 Å². The maximum absolute atomic E-state index is 13.0. The molecule has 0 aliphatic carbocycles. The predicted molar refractivity (Wildman–Crippen MR) is 84.8 cm³/mol. The molecule has 0 saturated heterocycles. The Kier molecular flexibility index (Phi) is 8.19. The molecule has 2 N–H and O–H groups in total. The van der Waals surface area contributed by atoms with Gasteiger partial charge in [0.1, 0.15) is 5.82 Å².